The molecule has 1 heterocycles. The van der Waals surface area contributed by atoms with Crippen molar-refractivity contribution < 1.29 is 9.53 Å². The molecule has 0 aliphatic rings. The number of H-pyrrole nitrogens is 1. The Hall–Kier alpha value is -2.04. The van der Waals surface area contributed by atoms with Crippen molar-refractivity contribution in [3.8, 4) is 11.4 Å². The Morgan fingerprint density at radius 3 is 2.73 bits per heavy atom. The normalized spacial score (nSPS) is 10.9. The number of nitrogens with one attached hydrogen (secondary N) is 1. The Kier molecular flexibility index (Phi) is 4.05. The molecule has 0 unspecified atom stereocenters. The van der Waals surface area contributed by atoms with Crippen LogP contribution in [0.15, 0.2) is 36.4 Å². The van der Waals surface area contributed by atoms with E-state index in [1.807, 2.05) is 18.2 Å². The summed E-state index contributed by atoms with van der Waals surface area (Å²) in [5.74, 6) is 0.184. The second-order valence-electron chi connectivity index (χ2n) is 4.64. The van der Waals surface area contributed by atoms with Crippen LogP contribution in [-0.2, 0) is 4.74 Å². The minimum Gasteiger partial charge on any atom is -0.462 e. The maximum absolute atomic E-state index is 11.8. The van der Waals surface area contributed by atoms with Crippen LogP contribution in [0.1, 0.15) is 17.3 Å². The van der Waals surface area contributed by atoms with E-state index in [1.165, 1.54) is 0 Å². The van der Waals surface area contributed by atoms with Crippen LogP contribution in [0.2, 0.25) is 10.0 Å². The lowest BCUT2D eigenvalue weighted by Crippen LogP contribution is -2.04. The lowest BCUT2D eigenvalue weighted by Gasteiger charge is -2.02. The average molecular weight is 335 g/mol. The zero-order valence-corrected chi connectivity index (χ0v) is 13.2. The fraction of sp³-hybridized carbons (Fsp3) is 0.125. The first-order valence-electron chi connectivity index (χ1n) is 6.71. The van der Waals surface area contributed by atoms with Crippen LogP contribution in [-0.4, -0.2) is 22.5 Å². The highest BCUT2D eigenvalue weighted by atomic mass is 35.5. The molecule has 0 fully saturated rings. The topological polar surface area (TPSA) is 55.0 Å². The van der Waals surface area contributed by atoms with Gasteiger partial charge in [0.1, 0.15) is 11.3 Å². The number of carbonyl (C=O) groups excluding carboxylic acids is 1. The summed E-state index contributed by atoms with van der Waals surface area (Å²) in [5.41, 5.74) is 2.40. The van der Waals surface area contributed by atoms with Crippen LogP contribution in [0.5, 0.6) is 0 Å². The summed E-state index contributed by atoms with van der Waals surface area (Å²) >= 11 is 12.4. The zero-order chi connectivity index (χ0) is 15.7. The smallest absolute Gasteiger partial charge is 0.338 e. The number of esters is 1. The van der Waals surface area contributed by atoms with Crippen LogP contribution < -0.4 is 0 Å². The standard InChI is InChI=1S/C16H12Cl2N2O2/c1-2-22-16(21)9-7-12(18)14-13(8-9)19-15(20-14)10-5-3-4-6-11(10)17/h3-8H,2H2,1H3,(H,19,20). The zero-order valence-electron chi connectivity index (χ0n) is 11.7. The van der Waals surface area contributed by atoms with Crippen molar-refractivity contribution in [1.29, 1.82) is 0 Å². The molecule has 0 spiro atoms. The first-order chi connectivity index (χ1) is 10.6. The summed E-state index contributed by atoms with van der Waals surface area (Å²) in [5, 5.41) is 0.971. The SMILES string of the molecule is CCOC(=O)c1cc(Cl)c2nc(-c3ccccc3Cl)[nH]c2c1. The van der Waals surface area contributed by atoms with Crippen LogP contribution in [0.3, 0.4) is 0 Å². The van der Waals surface area contributed by atoms with Gasteiger partial charge in [0.2, 0.25) is 0 Å². The van der Waals surface area contributed by atoms with Crippen molar-refractivity contribution in [3.05, 3.63) is 52.0 Å². The molecule has 1 N–H and O–H groups in total. The van der Waals surface area contributed by atoms with Gasteiger partial charge < -0.3 is 9.72 Å². The predicted octanol–water partition coefficient (Wildman–Crippen LogP) is 4.71. The number of imidazole rings is 1. The van der Waals surface area contributed by atoms with Gasteiger partial charge in [0.05, 0.1) is 27.7 Å². The van der Waals surface area contributed by atoms with Crippen LogP contribution in [0.4, 0.5) is 0 Å². The van der Waals surface area contributed by atoms with Crippen molar-refractivity contribution in [2.75, 3.05) is 6.61 Å². The number of nitrogens with zero attached hydrogens (tertiary/aromatic N) is 1. The summed E-state index contributed by atoms with van der Waals surface area (Å²) in [6.07, 6.45) is 0. The number of carbonyl (C=O) groups is 1. The van der Waals surface area contributed by atoms with E-state index in [9.17, 15) is 4.79 Å². The van der Waals surface area contributed by atoms with Gasteiger partial charge in [0.25, 0.3) is 0 Å². The Morgan fingerprint density at radius 1 is 1.23 bits per heavy atom. The van der Waals surface area contributed by atoms with Crippen molar-refractivity contribution in [2.45, 2.75) is 6.92 Å². The summed E-state index contributed by atoms with van der Waals surface area (Å²) in [6.45, 7) is 2.06. The lowest BCUT2D eigenvalue weighted by atomic mass is 10.2. The molecule has 0 aliphatic carbocycles. The van der Waals surface area contributed by atoms with Gasteiger partial charge in [-0.05, 0) is 31.2 Å². The number of fused-ring (bicyclic) bond motifs is 1. The van der Waals surface area contributed by atoms with Gasteiger partial charge >= 0.3 is 5.97 Å². The maximum atomic E-state index is 11.8. The first-order valence-corrected chi connectivity index (χ1v) is 7.47. The Labute approximate surface area is 137 Å². The fourth-order valence-electron chi connectivity index (χ4n) is 2.19. The number of aromatic amines is 1. The molecule has 0 saturated carbocycles. The summed E-state index contributed by atoms with van der Waals surface area (Å²) in [6, 6.07) is 10.6. The second-order valence-corrected chi connectivity index (χ2v) is 5.45. The molecule has 4 nitrogen and oxygen atoms in total. The number of hydrogen-bond acceptors (Lipinski definition) is 3. The van der Waals surface area contributed by atoms with Crippen molar-refractivity contribution in [3.63, 3.8) is 0 Å². The van der Waals surface area contributed by atoms with Gasteiger partial charge in [0, 0.05) is 5.56 Å². The maximum Gasteiger partial charge on any atom is 0.338 e. The molecule has 1 aromatic heterocycles. The van der Waals surface area contributed by atoms with Gasteiger partial charge in [-0.2, -0.15) is 0 Å². The van der Waals surface area contributed by atoms with E-state index in [-0.39, 0.29) is 0 Å². The molecule has 0 radical (unpaired) electrons. The molecule has 3 rings (SSSR count). The number of aromatic nitrogens is 2. The Morgan fingerprint density at radius 2 is 2.00 bits per heavy atom. The monoisotopic (exact) mass is 334 g/mol. The minimum absolute atomic E-state index is 0.308. The molecule has 2 aromatic carbocycles. The molecule has 6 heteroatoms. The van der Waals surface area contributed by atoms with Crippen molar-refractivity contribution >= 4 is 40.2 Å². The van der Waals surface area contributed by atoms with E-state index in [0.29, 0.717) is 39.1 Å². The number of hydrogen-bond donors (Lipinski definition) is 1. The molecule has 0 amide bonds. The van der Waals surface area contributed by atoms with Crippen molar-refractivity contribution in [1.82, 2.24) is 9.97 Å². The molecule has 0 atom stereocenters. The molecule has 3 aromatic rings. The van der Waals surface area contributed by atoms with Gasteiger partial charge in [-0.1, -0.05) is 35.3 Å². The van der Waals surface area contributed by atoms with Gasteiger partial charge in [-0.25, -0.2) is 9.78 Å². The van der Waals surface area contributed by atoms with Crippen LogP contribution >= 0.6 is 23.2 Å². The third kappa shape index (κ3) is 2.67. The minimum atomic E-state index is -0.416. The third-order valence-corrected chi connectivity index (χ3v) is 3.80. The number of halogens is 2. The van der Waals surface area contributed by atoms with E-state index in [0.717, 1.165) is 5.56 Å². The summed E-state index contributed by atoms with van der Waals surface area (Å²) in [4.78, 5) is 19.4. The highest BCUT2D eigenvalue weighted by Gasteiger charge is 2.15. The van der Waals surface area contributed by atoms with E-state index in [1.54, 1.807) is 25.1 Å². The predicted molar refractivity (Wildman–Crippen MR) is 87.5 cm³/mol. The van der Waals surface area contributed by atoms with Gasteiger partial charge in [-0.3, -0.25) is 0 Å². The van der Waals surface area contributed by atoms with E-state index in [4.69, 9.17) is 27.9 Å². The largest absolute Gasteiger partial charge is 0.462 e. The number of ether oxygens (including phenoxy) is 1. The van der Waals surface area contributed by atoms with Crippen LogP contribution in [0, 0.1) is 0 Å². The molecule has 0 saturated heterocycles. The Balaban J connectivity index is 2.12. The fourth-order valence-corrected chi connectivity index (χ4v) is 2.68. The first kappa shape index (κ1) is 14.9. The quantitative estimate of drug-likeness (QED) is 0.705. The van der Waals surface area contributed by atoms with Gasteiger partial charge in [0.15, 0.2) is 0 Å². The molecule has 22 heavy (non-hydrogen) atoms. The summed E-state index contributed by atoms with van der Waals surface area (Å²) in [7, 11) is 0. The number of rotatable bonds is 3. The molecule has 0 bridgehead atoms. The van der Waals surface area contributed by atoms with E-state index in [2.05, 4.69) is 9.97 Å². The summed E-state index contributed by atoms with van der Waals surface area (Å²) < 4.78 is 4.99. The Bertz CT molecular complexity index is 858. The second kappa shape index (κ2) is 5.99. The highest BCUT2D eigenvalue weighted by Crippen LogP contribution is 2.30. The molecular formula is C16H12Cl2N2O2. The molecule has 112 valence electrons. The number of benzene rings is 2. The van der Waals surface area contributed by atoms with Crippen molar-refractivity contribution in [2.24, 2.45) is 0 Å². The van der Waals surface area contributed by atoms with E-state index < -0.39 is 5.97 Å². The van der Waals surface area contributed by atoms with Crippen LogP contribution in [0.25, 0.3) is 22.4 Å². The third-order valence-electron chi connectivity index (χ3n) is 3.18. The molecular weight excluding hydrogens is 323 g/mol. The van der Waals surface area contributed by atoms with Gasteiger partial charge in [-0.15, -0.1) is 0 Å². The lowest BCUT2D eigenvalue weighted by molar-refractivity contribution is 0.0526. The average Bonchev–Trinajstić information content (AvgIpc) is 2.92. The molecule has 0 aliphatic heterocycles. The van der Waals surface area contributed by atoms with E-state index >= 15 is 0 Å². The highest BCUT2D eigenvalue weighted by molar-refractivity contribution is 6.35.